The molecule has 0 aliphatic rings. The highest BCUT2D eigenvalue weighted by atomic mass is 35.5. The van der Waals surface area contributed by atoms with E-state index in [0.29, 0.717) is 15.3 Å². The van der Waals surface area contributed by atoms with Crippen molar-refractivity contribution in [3.63, 3.8) is 0 Å². The zero-order valence-electron chi connectivity index (χ0n) is 19.0. The van der Waals surface area contributed by atoms with Crippen LogP contribution in [0.25, 0.3) is 11.4 Å². The Hall–Kier alpha value is -3.32. The van der Waals surface area contributed by atoms with E-state index in [9.17, 15) is 41.0 Å². The lowest BCUT2D eigenvalue weighted by atomic mass is 10.0. The molecule has 0 unspecified atom stereocenters. The number of amides is 1. The predicted molar refractivity (Wildman–Crippen MR) is 122 cm³/mol. The van der Waals surface area contributed by atoms with E-state index in [2.05, 4.69) is 10.4 Å². The monoisotopic (exact) mass is 550 g/mol. The highest BCUT2D eigenvalue weighted by molar-refractivity contribution is 6.30. The number of benzene rings is 2. The molecule has 0 bridgehead atoms. The summed E-state index contributed by atoms with van der Waals surface area (Å²) in [6.07, 6.45) is -10.6. The molecule has 3 rings (SSSR count). The molecule has 0 saturated carbocycles. The number of halogens is 7. The number of nitrogens with one attached hydrogen (secondary N) is 1. The number of hydrogen-bond donors (Lipinski definition) is 2. The van der Waals surface area contributed by atoms with Crippen LogP contribution >= 0.6 is 11.6 Å². The van der Waals surface area contributed by atoms with Crippen LogP contribution in [0.4, 0.5) is 26.3 Å². The van der Waals surface area contributed by atoms with Crippen molar-refractivity contribution in [1.82, 2.24) is 19.7 Å². The maximum Gasteiger partial charge on any atom is 0.416 e. The Labute approximate surface area is 211 Å². The first-order chi connectivity index (χ1) is 17.3. The molecular formula is C23H21ClF6N4O3. The maximum absolute atomic E-state index is 12.9. The summed E-state index contributed by atoms with van der Waals surface area (Å²) in [7, 11) is 0. The molecule has 1 aromatic heterocycles. The summed E-state index contributed by atoms with van der Waals surface area (Å²) in [4.78, 5) is 25.4. The third-order valence-corrected chi connectivity index (χ3v) is 5.51. The smallest absolute Gasteiger partial charge is 0.394 e. The van der Waals surface area contributed by atoms with Gasteiger partial charge in [-0.05, 0) is 42.3 Å². The van der Waals surface area contributed by atoms with Gasteiger partial charge in [-0.3, -0.25) is 9.36 Å². The van der Waals surface area contributed by atoms with E-state index in [1.54, 1.807) is 0 Å². The standard InChI is InChI=1S/C23H21ClF6N4O3/c24-17-6-4-15(5-7-17)20-32-34(21(37)33(20)9-8-22(25,26)27)12-19(36)31-18(13-35)11-14-2-1-3-16(10-14)23(28,29)30/h1-7,10,18,35H,8-9,11-13H2,(H,31,36)/t18-/m1/s1. The third-order valence-electron chi connectivity index (χ3n) is 5.26. The van der Waals surface area contributed by atoms with Crippen LogP contribution < -0.4 is 11.0 Å². The Morgan fingerprint density at radius 1 is 1.08 bits per heavy atom. The van der Waals surface area contributed by atoms with Gasteiger partial charge >= 0.3 is 18.0 Å². The van der Waals surface area contributed by atoms with E-state index >= 15 is 0 Å². The fourth-order valence-electron chi connectivity index (χ4n) is 3.53. The van der Waals surface area contributed by atoms with Crippen LogP contribution in [0.3, 0.4) is 0 Å². The Morgan fingerprint density at radius 2 is 1.76 bits per heavy atom. The van der Waals surface area contributed by atoms with Gasteiger partial charge < -0.3 is 10.4 Å². The van der Waals surface area contributed by atoms with Gasteiger partial charge in [-0.2, -0.15) is 26.3 Å². The number of hydrogen-bond acceptors (Lipinski definition) is 4. The molecule has 0 spiro atoms. The molecule has 2 aromatic carbocycles. The van der Waals surface area contributed by atoms with E-state index in [1.165, 1.54) is 36.4 Å². The van der Waals surface area contributed by atoms with Gasteiger partial charge in [0.2, 0.25) is 5.91 Å². The van der Waals surface area contributed by atoms with Gasteiger partial charge in [-0.15, -0.1) is 5.10 Å². The van der Waals surface area contributed by atoms with Crippen LogP contribution in [0.5, 0.6) is 0 Å². The lowest BCUT2D eigenvalue weighted by Gasteiger charge is -2.17. The van der Waals surface area contributed by atoms with Gasteiger partial charge in [-0.1, -0.05) is 29.8 Å². The van der Waals surface area contributed by atoms with Gasteiger partial charge in [0, 0.05) is 17.1 Å². The van der Waals surface area contributed by atoms with Crippen LogP contribution in [-0.4, -0.2) is 44.2 Å². The van der Waals surface area contributed by atoms with Crippen LogP contribution in [0, 0.1) is 0 Å². The lowest BCUT2D eigenvalue weighted by molar-refractivity contribution is -0.138. The molecule has 7 nitrogen and oxygen atoms in total. The Balaban J connectivity index is 1.79. The third kappa shape index (κ3) is 7.83. The molecule has 37 heavy (non-hydrogen) atoms. The minimum atomic E-state index is -4.57. The minimum absolute atomic E-state index is 0.110. The molecule has 0 aliphatic heterocycles. The Bertz CT molecular complexity index is 1290. The molecular weight excluding hydrogens is 530 g/mol. The molecule has 0 fully saturated rings. The summed E-state index contributed by atoms with van der Waals surface area (Å²) in [6.45, 7) is -2.05. The lowest BCUT2D eigenvalue weighted by Crippen LogP contribution is -2.42. The normalized spacial score (nSPS) is 13.0. The van der Waals surface area contributed by atoms with E-state index in [1.807, 2.05) is 0 Å². The van der Waals surface area contributed by atoms with Crippen molar-refractivity contribution in [3.05, 3.63) is 75.2 Å². The number of aliphatic hydroxyl groups is 1. The van der Waals surface area contributed by atoms with Crippen molar-refractivity contribution in [2.45, 2.75) is 44.3 Å². The summed E-state index contributed by atoms with van der Waals surface area (Å²) in [5, 5.41) is 16.4. The quantitative estimate of drug-likeness (QED) is 0.393. The SMILES string of the molecule is O=C(Cn1nc(-c2ccc(Cl)cc2)n(CCC(F)(F)F)c1=O)N[C@@H](CO)Cc1cccc(C(F)(F)F)c1. The Morgan fingerprint density at radius 3 is 2.35 bits per heavy atom. The average Bonchev–Trinajstić information content (AvgIpc) is 3.11. The number of carbonyl (C=O) groups excluding carboxylic acids is 1. The Kier molecular flexibility index (Phi) is 8.69. The summed E-state index contributed by atoms with van der Waals surface area (Å²) in [5.41, 5.74) is -1.37. The molecule has 1 amide bonds. The van der Waals surface area contributed by atoms with Crippen molar-refractivity contribution in [2.24, 2.45) is 0 Å². The minimum Gasteiger partial charge on any atom is -0.394 e. The summed E-state index contributed by atoms with van der Waals surface area (Å²) >= 11 is 5.84. The van der Waals surface area contributed by atoms with E-state index < -0.39 is 61.7 Å². The fraction of sp³-hybridized carbons (Fsp3) is 0.348. The highest BCUT2D eigenvalue weighted by Crippen LogP contribution is 2.29. The first-order valence-corrected chi connectivity index (χ1v) is 11.2. The first kappa shape index (κ1) is 28.3. The maximum atomic E-state index is 12.9. The molecule has 14 heteroatoms. The predicted octanol–water partition coefficient (Wildman–Crippen LogP) is 4.06. The number of carbonyl (C=O) groups is 1. The zero-order chi connectivity index (χ0) is 27.4. The molecule has 0 saturated heterocycles. The van der Waals surface area contributed by atoms with Crippen molar-refractivity contribution < 1.29 is 36.2 Å². The second kappa shape index (κ2) is 11.4. The summed E-state index contributed by atoms with van der Waals surface area (Å²) in [6, 6.07) is 9.20. The number of aliphatic hydroxyl groups excluding tert-OH is 1. The number of alkyl halides is 6. The topological polar surface area (TPSA) is 89.2 Å². The van der Waals surface area contributed by atoms with Crippen molar-refractivity contribution in [1.29, 1.82) is 0 Å². The number of rotatable bonds is 9. The van der Waals surface area contributed by atoms with E-state index in [4.69, 9.17) is 11.6 Å². The van der Waals surface area contributed by atoms with E-state index in [0.717, 1.165) is 16.7 Å². The largest absolute Gasteiger partial charge is 0.416 e. The van der Waals surface area contributed by atoms with Crippen LogP contribution in [-0.2, 0) is 30.5 Å². The molecule has 1 atom stereocenters. The molecule has 0 aliphatic carbocycles. The van der Waals surface area contributed by atoms with Crippen molar-refractivity contribution in [2.75, 3.05) is 6.61 Å². The fourth-order valence-corrected chi connectivity index (χ4v) is 3.65. The summed E-state index contributed by atoms with van der Waals surface area (Å²) in [5.74, 6) is -0.933. The van der Waals surface area contributed by atoms with Crippen LogP contribution in [0.15, 0.2) is 53.3 Å². The van der Waals surface area contributed by atoms with Crippen molar-refractivity contribution >= 4 is 17.5 Å². The zero-order valence-corrected chi connectivity index (χ0v) is 19.7. The van der Waals surface area contributed by atoms with Crippen molar-refractivity contribution in [3.8, 4) is 11.4 Å². The molecule has 1 heterocycles. The molecule has 200 valence electrons. The number of aromatic nitrogens is 3. The molecule has 0 radical (unpaired) electrons. The summed E-state index contributed by atoms with van der Waals surface area (Å²) < 4.78 is 78.8. The van der Waals surface area contributed by atoms with Gasteiger partial charge in [0.25, 0.3) is 0 Å². The van der Waals surface area contributed by atoms with Crippen LogP contribution in [0.2, 0.25) is 5.02 Å². The second-order valence-electron chi connectivity index (χ2n) is 8.14. The highest BCUT2D eigenvalue weighted by Gasteiger charge is 2.31. The van der Waals surface area contributed by atoms with Gasteiger partial charge in [0.1, 0.15) is 6.54 Å². The molecule has 3 aromatic rings. The number of nitrogens with zero attached hydrogens (tertiary/aromatic N) is 3. The second-order valence-corrected chi connectivity index (χ2v) is 8.57. The first-order valence-electron chi connectivity index (χ1n) is 10.8. The molecule has 2 N–H and O–H groups in total. The van der Waals surface area contributed by atoms with Crippen LogP contribution in [0.1, 0.15) is 17.5 Å². The van der Waals surface area contributed by atoms with Gasteiger partial charge in [0.15, 0.2) is 5.82 Å². The van der Waals surface area contributed by atoms with Gasteiger partial charge in [-0.25, -0.2) is 9.48 Å². The average molecular weight is 551 g/mol. The van der Waals surface area contributed by atoms with E-state index in [-0.39, 0.29) is 17.8 Å². The van der Waals surface area contributed by atoms with Gasteiger partial charge in [0.05, 0.1) is 24.6 Å².